The molecule has 0 aliphatic carbocycles. The van der Waals surface area contributed by atoms with Crippen molar-refractivity contribution in [2.75, 3.05) is 0 Å². The van der Waals surface area contributed by atoms with Crippen molar-refractivity contribution in [3.63, 3.8) is 0 Å². The number of fused-ring (bicyclic) bond motifs is 2. The molecule has 0 bridgehead atoms. The third-order valence-electron chi connectivity index (χ3n) is 4.52. The molecule has 2 aliphatic rings. The Hall–Kier alpha value is -2.99. The third kappa shape index (κ3) is 3.48. The summed E-state index contributed by atoms with van der Waals surface area (Å²) in [7, 11) is 0. The molecule has 0 saturated heterocycles. The van der Waals surface area contributed by atoms with Gasteiger partial charge < -0.3 is 4.57 Å². The van der Waals surface area contributed by atoms with E-state index in [2.05, 4.69) is 15.0 Å². The maximum atomic E-state index is 12.2. The van der Waals surface area contributed by atoms with Gasteiger partial charge in [-0.25, -0.2) is 9.78 Å². The first-order valence-corrected chi connectivity index (χ1v) is 9.05. The minimum absolute atomic E-state index is 0.178. The molecule has 2 aliphatic heterocycles. The van der Waals surface area contributed by atoms with Crippen LogP contribution in [0.15, 0.2) is 52.1 Å². The lowest BCUT2D eigenvalue weighted by atomic mass is 10.1. The zero-order valence-electron chi connectivity index (χ0n) is 14.7. The number of benzene rings is 2. The van der Waals surface area contributed by atoms with Crippen molar-refractivity contribution < 1.29 is 0 Å². The molecule has 0 spiro atoms. The van der Waals surface area contributed by atoms with Crippen LogP contribution >= 0.6 is 11.6 Å². The first-order valence-electron chi connectivity index (χ1n) is 8.67. The van der Waals surface area contributed by atoms with Crippen molar-refractivity contribution in [2.45, 2.75) is 26.3 Å². The molecule has 2 aromatic carbocycles. The van der Waals surface area contributed by atoms with Gasteiger partial charge in [0, 0.05) is 11.6 Å². The molecule has 0 atom stereocenters. The normalized spacial score (nSPS) is 11.3. The Morgan fingerprint density at radius 3 is 2.63 bits per heavy atom. The van der Waals surface area contributed by atoms with Crippen LogP contribution in [0.5, 0.6) is 0 Å². The monoisotopic (exact) mass is 380 g/mol. The molecule has 0 aromatic heterocycles. The maximum Gasteiger partial charge on any atom is 0.349 e. The molecule has 0 unspecified atom stereocenters. The zero-order valence-corrected chi connectivity index (χ0v) is 15.5. The van der Waals surface area contributed by atoms with Gasteiger partial charge in [0.25, 0.3) is 5.56 Å². The summed E-state index contributed by atoms with van der Waals surface area (Å²) in [5, 5.41) is 0.709. The van der Waals surface area contributed by atoms with Crippen LogP contribution in [0.25, 0.3) is 22.6 Å². The summed E-state index contributed by atoms with van der Waals surface area (Å²) < 4.78 is 1.91. The second kappa shape index (κ2) is 6.96. The van der Waals surface area contributed by atoms with Crippen molar-refractivity contribution >= 4 is 22.6 Å². The van der Waals surface area contributed by atoms with Crippen LogP contribution in [0.2, 0.25) is 5.02 Å². The topological polar surface area (TPSA) is 80.6 Å². The van der Waals surface area contributed by atoms with Crippen molar-refractivity contribution in [3.8, 4) is 11.5 Å². The number of aryl methyl sites for hydroxylation is 3. The number of hydrogen-bond acceptors (Lipinski definition) is 4. The van der Waals surface area contributed by atoms with E-state index in [1.807, 2.05) is 54.0 Å². The van der Waals surface area contributed by atoms with Gasteiger partial charge in [-0.1, -0.05) is 29.8 Å². The van der Waals surface area contributed by atoms with Gasteiger partial charge in [-0.15, -0.1) is 0 Å². The Kier molecular flexibility index (Phi) is 4.49. The molecule has 4 rings (SSSR count). The summed E-state index contributed by atoms with van der Waals surface area (Å²) >= 11 is 5.94. The smallest absolute Gasteiger partial charge is 0.322 e. The van der Waals surface area contributed by atoms with E-state index in [1.165, 1.54) is 5.56 Å². The van der Waals surface area contributed by atoms with E-state index in [0.29, 0.717) is 22.9 Å². The molecular weight excluding hydrogens is 364 g/mol. The highest BCUT2D eigenvalue weighted by Crippen LogP contribution is 2.22. The molecule has 1 N–H and O–H groups in total. The van der Waals surface area contributed by atoms with E-state index in [4.69, 9.17) is 11.6 Å². The zero-order chi connectivity index (χ0) is 19.0. The number of nitrogens with one attached hydrogen (secondary N) is 1. The maximum absolute atomic E-state index is 12.2. The van der Waals surface area contributed by atoms with Gasteiger partial charge >= 0.3 is 5.69 Å². The fourth-order valence-electron chi connectivity index (χ4n) is 3.22. The molecular formula is C20H17ClN4O2. The average molecular weight is 381 g/mol. The van der Waals surface area contributed by atoms with Gasteiger partial charge in [-0.05, 0) is 55.2 Å². The minimum atomic E-state index is -0.659. The van der Waals surface area contributed by atoms with E-state index in [0.717, 1.165) is 23.9 Å². The van der Waals surface area contributed by atoms with Crippen LogP contribution in [-0.2, 0) is 13.0 Å². The predicted octanol–water partition coefficient (Wildman–Crippen LogP) is 3.18. The fraction of sp³-hybridized carbons (Fsp3) is 0.200. The Morgan fingerprint density at radius 2 is 1.85 bits per heavy atom. The van der Waals surface area contributed by atoms with Crippen molar-refractivity contribution in [2.24, 2.45) is 0 Å². The van der Waals surface area contributed by atoms with Crippen LogP contribution in [0, 0.1) is 6.92 Å². The Bertz CT molecular complexity index is 1210. The van der Waals surface area contributed by atoms with Crippen LogP contribution < -0.4 is 11.2 Å². The standard InChI is InChI=1S/C20H17ClN4O2/c1-12-4-9-15-16(11-12)25(10-2-3-13-5-7-14(21)8-6-13)18-17(22-15)19(26)24-20(27)23-18/h4-9,11H,2-3,10H2,1H3,(H,24,26,27). The summed E-state index contributed by atoms with van der Waals surface area (Å²) in [5.41, 5.74) is 2.81. The minimum Gasteiger partial charge on any atom is -0.322 e. The number of nitrogens with zero attached hydrogens (tertiary/aromatic N) is 3. The van der Waals surface area contributed by atoms with E-state index in [1.54, 1.807) is 0 Å². The average Bonchev–Trinajstić information content (AvgIpc) is 2.63. The Balaban J connectivity index is 1.78. The van der Waals surface area contributed by atoms with Crippen molar-refractivity contribution in [1.29, 1.82) is 0 Å². The summed E-state index contributed by atoms with van der Waals surface area (Å²) in [4.78, 5) is 34.6. The number of aromatic amines is 1. The lowest BCUT2D eigenvalue weighted by molar-refractivity contribution is 0.648. The molecule has 7 heteroatoms. The number of hydrogen-bond donors (Lipinski definition) is 1. The van der Waals surface area contributed by atoms with Gasteiger partial charge in [-0.3, -0.25) is 9.78 Å². The summed E-state index contributed by atoms with van der Waals surface area (Å²) in [6, 6.07) is 13.6. The lowest BCUT2D eigenvalue weighted by Gasteiger charge is -2.17. The fourth-order valence-corrected chi connectivity index (χ4v) is 3.35. The van der Waals surface area contributed by atoms with E-state index in [9.17, 15) is 9.59 Å². The van der Waals surface area contributed by atoms with Gasteiger partial charge in [0.15, 0.2) is 11.5 Å². The van der Waals surface area contributed by atoms with E-state index < -0.39 is 11.2 Å². The molecule has 136 valence electrons. The molecule has 2 aromatic rings. The number of H-pyrrole nitrogens is 1. The first-order chi connectivity index (χ1) is 13.0. The summed E-state index contributed by atoms with van der Waals surface area (Å²) in [6.07, 6.45) is 1.66. The largest absolute Gasteiger partial charge is 0.349 e. The second-order valence-corrected chi connectivity index (χ2v) is 6.97. The Morgan fingerprint density at radius 1 is 1.07 bits per heavy atom. The molecule has 0 radical (unpaired) electrons. The molecule has 0 amide bonds. The van der Waals surface area contributed by atoms with Gasteiger partial charge in [0.1, 0.15) is 0 Å². The van der Waals surface area contributed by atoms with Crippen LogP contribution in [0.3, 0.4) is 0 Å². The molecule has 2 heterocycles. The van der Waals surface area contributed by atoms with Crippen molar-refractivity contribution in [3.05, 3.63) is 79.5 Å². The predicted molar refractivity (Wildman–Crippen MR) is 106 cm³/mol. The first kappa shape index (κ1) is 17.4. The highest BCUT2D eigenvalue weighted by Gasteiger charge is 2.18. The highest BCUT2D eigenvalue weighted by atomic mass is 35.5. The van der Waals surface area contributed by atoms with Crippen LogP contribution in [0.1, 0.15) is 17.5 Å². The summed E-state index contributed by atoms with van der Waals surface area (Å²) in [6.45, 7) is 2.60. The lowest BCUT2D eigenvalue weighted by Crippen LogP contribution is -2.29. The number of halogens is 1. The molecule has 27 heavy (non-hydrogen) atoms. The molecule has 6 nitrogen and oxygen atoms in total. The third-order valence-corrected chi connectivity index (χ3v) is 4.78. The van der Waals surface area contributed by atoms with Gasteiger partial charge in [0.2, 0.25) is 0 Å². The Labute approximate surface area is 159 Å². The van der Waals surface area contributed by atoms with Crippen LogP contribution in [0.4, 0.5) is 0 Å². The van der Waals surface area contributed by atoms with Gasteiger partial charge in [0.05, 0.1) is 11.0 Å². The SMILES string of the molecule is Cc1ccc2nc3c(=O)[nH]c(=O)nc-3n(CCCc3ccc(Cl)cc3)c2c1. The van der Waals surface area contributed by atoms with Gasteiger partial charge in [-0.2, -0.15) is 4.98 Å². The quantitative estimate of drug-likeness (QED) is 0.551. The van der Waals surface area contributed by atoms with Crippen LogP contribution in [-0.4, -0.2) is 19.5 Å². The molecule has 0 saturated carbocycles. The second-order valence-electron chi connectivity index (χ2n) is 6.53. The van der Waals surface area contributed by atoms with E-state index in [-0.39, 0.29) is 5.69 Å². The molecule has 0 fully saturated rings. The highest BCUT2D eigenvalue weighted by molar-refractivity contribution is 6.30. The number of aromatic nitrogens is 4. The van der Waals surface area contributed by atoms with E-state index >= 15 is 0 Å². The van der Waals surface area contributed by atoms with Crippen molar-refractivity contribution in [1.82, 2.24) is 19.5 Å². The number of rotatable bonds is 4. The summed E-state index contributed by atoms with van der Waals surface area (Å²) in [5.74, 6) is 0.318.